The van der Waals surface area contributed by atoms with Gasteiger partial charge >= 0.3 is 5.97 Å². The minimum Gasteiger partial charge on any atom is -0.480 e. The molecule has 1 aromatic heterocycles. The molecule has 1 unspecified atom stereocenters. The van der Waals surface area contributed by atoms with Crippen molar-refractivity contribution >= 4 is 17.7 Å². The van der Waals surface area contributed by atoms with Crippen LogP contribution in [0.1, 0.15) is 12.3 Å². The Hall–Kier alpha value is -1.08. The lowest BCUT2D eigenvalue weighted by Gasteiger charge is -2.06. The molecule has 1 heterocycles. The van der Waals surface area contributed by atoms with Crippen LogP contribution in [0, 0.1) is 6.92 Å². The van der Waals surface area contributed by atoms with Crippen molar-refractivity contribution in [2.45, 2.75) is 23.8 Å². The van der Waals surface area contributed by atoms with Crippen molar-refractivity contribution in [2.24, 2.45) is 5.73 Å². The summed E-state index contributed by atoms with van der Waals surface area (Å²) in [7, 11) is 0. The van der Waals surface area contributed by atoms with Crippen molar-refractivity contribution < 1.29 is 14.3 Å². The highest BCUT2D eigenvalue weighted by Crippen LogP contribution is 2.23. The van der Waals surface area contributed by atoms with Crippen molar-refractivity contribution in [3.63, 3.8) is 0 Å². The van der Waals surface area contributed by atoms with E-state index in [4.69, 9.17) is 15.3 Å². The molecule has 1 rings (SSSR count). The van der Waals surface area contributed by atoms with Gasteiger partial charge in [-0.1, -0.05) is 11.8 Å². The van der Waals surface area contributed by atoms with Gasteiger partial charge in [-0.25, -0.2) is 0 Å². The number of aryl methyl sites for hydroxylation is 1. The normalized spacial score (nSPS) is 12.7. The standard InChI is InChI=1S/C7H11N3O3S/c1-4-9-10-7(13-4)14-5(2-3-8)6(11)12/h5H,2-3,8H2,1H3,(H,11,12). The van der Waals surface area contributed by atoms with E-state index in [0.29, 0.717) is 18.9 Å². The molecule has 1 aromatic rings. The van der Waals surface area contributed by atoms with Crippen LogP contribution in [0.2, 0.25) is 0 Å². The molecule has 0 aliphatic heterocycles. The summed E-state index contributed by atoms with van der Waals surface area (Å²) in [5, 5.41) is 15.7. The van der Waals surface area contributed by atoms with Crippen LogP contribution in [0.25, 0.3) is 0 Å². The number of nitrogens with zero attached hydrogens (tertiary/aromatic N) is 2. The highest BCUT2D eigenvalue weighted by Gasteiger charge is 2.20. The van der Waals surface area contributed by atoms with Gasteiger partial charge in [-0.15, -0.1) is 10.2 Å². The Kier molecular flexibility index (Phi) is 3.90. The van der Waals surface area contributed by atoms with Gasteiger partial charge in [0.1, 0.15) is 5.25 Å². The van der Waals surface area contributed by atoms with E-state index in [2.05, 4.69) is 10.2 Å². The van der Waals surface area contributed by atoms with E-state index in [0.717, 1.165) is 11.8 Å². The van der Waals surface area contributed by atoms with E-state index in [1.807, 2.05) is 0 Å². The lowest BCUT2D eigenvalue weighted by Crippen LogP contribution is -2.20. The first kappa shape index (κ1) is 11.0. The molecule has 0 fully saturated rings. The zero-order valence-corrected chi connectivity index (χ0v) is 8.45. The van der Waals surface area contributed by atoms with Crippen molar-refractivity contribution in [3.05, 3.63) is 5.89 Å². The maximum Gasteiger partial charge on any atom is 0.317 e. The lowest BCUT2D eigenvalue weighted by molar-refractivity contribution is -0.136. The summed E-state index contributed by atoms with van der Waals surface area (Å²) >= 11 is 1.02. The summed E-state index contributed by atoms with van der Waals surface area (Å²) in [4.78, 5) is 10.7. The fourth-order valence-corrected chi connectivity index (χ4v) is 1.69. The van der Waals surface area contributed by atoms with Gasteiger partial charge in [0.25, 0.3) is 5.22 Å². The Labute approximate surface area is 84.9 Å². The SMILES string of the molecule is Cc1nnc(SC(CCN)C(=O)O)o1. The first-order valence-corrected chi connectivity index (χ1v) is 4.91. The number of hydrogen-bond acceptors (Lipinski definition) is 6. The Morgan fingerprint density at radius 2 is 2.43 bits per heavy atom. The molecule has 0 aromatic carbocycles. The van der Waals surface area contributed by atoms with Gasteiger partial charge < -0.3 is 15.3 Å². The number of hydrogen-bond donors (Lipinski definition) is 2. The summed E-state index contributed by atoms with van der Waals surface area (Å²) < 4.78 is 5.05. The third kappa shape index (κ3) is 3.00. The summed E-state index contributed by atoms with van der Waals surface area (Å²) in [5.41, 5.74) is 5.28. The average molecular weight is 217 g/mol. The van der Waals surface area contributed by atoms with Crippen LogP contribution in [-0.4, -0.2) is 33.1 Å². The molecule has 0 aliphatic rings. The first-order valence-electron chi connectivity index (χ1n) is 4.03. The van der Waals surface area contributed by atoms with Crippen LogP contribution in [0.4, 0.5) is 0 Å². The van der Waals surface area contributed by atoms with E-state index in [1.165, 1.54) is 0 Å². The second-order valence-corrected chi connectivity index (χ2v) is 3.76. The molecule has 7 heteroatoms. The zero-order chi connectivity index (χ0) is 10.6. The third-order valence-electron chi connectivity index (χ3n) is 1.45. The van der Waals surface area contributed by atoms with Crippen LogP contribution in [0.5, 0.6) is 0 Å². The molecule has 3 N–H and O–H groups in total. The van der Waals surface area contributed by atoms with E-state index in [9.17, 15) is 4.79 Å². The fraction of sp³-hybridized carbons (Fsp3) is 0.571. The molecule has 6 nitrogen and oxygen atoms in total. The maximum atomic E-state index is 10.7. The minimum absolute atomic E-state index is 0.267. The molecule has 0 amide bonds. The molecule has 0 spiro atoms. The van der Waals surface area contributed by atoms with Crippen molar-refractivity contribution in [1.29, 1.82) is 0 Å². The molecule has 0 saturated carbocycles. The second-order valence-electron chi connectivity index (χ2n) is 2.61. The van der Waals surface area contributed by atoms with E-state index in [-0.39, 0.29) is 5.22 Å². The number of carboxylic acids is 1. The predicted octanol–water partition coefficient (Wildman–Crippen LogP) is 0.272. The monoisotopic (exact) mass is 217 g/mol. The summed E-state index contributed by atoms with van der Waals surface area (Å²) in [6, 6.07) is 0. The number of aromatic nitrogens is 2. The highest BCUT2D eigenvalue weighted by atomic mass is 32.2. The van der Waals surface area contributed by atoms with Crippen molar-refractivity contribution in [1.82, 2.24) is 10.2 Å². The van der Waals surface area contributed by atoms with Gasteiger partial charge in [-0.05, 0) is 13.0 Å². The number of rotatable bonds is 5. The van der Waals surface area contributed by atoms with Crippen LogP contribution in [0.3, 0.4) is 0 Å². The average Bonchev–Trinajstić information content (AvgIpc) is 2.50. The molecule has 14 heavy (non-hydrogen) atoms. The van der Waals surface area contributed by atoms with Crippen LogP contribution < -0.4 is 5.73 Å². The Morgan fingerprint density at radius 1 is 1.71 bits per heavy atom. The molecule has 78 valence electrons. The maximum absolute atomic E-state index is 10.7. The summed E-state index contributed by atoms with van der Waals surface area (Å²) in [6.45, 7) is 1.97. The fourth-order valence-electron chi connectivity index (χ4n) is 0.832. The van der Waals surface area contributed by atoms with Crippen LogP contribution in [-0.2, 0) is 4.79 Å². The summed E-state index contributed by atoms with van der Waals surface area (Å²) in [5.74, 6) is -0.499. The molecule has 0 radical (unpaired) electrons. The van der Waals surface area contributed by atoms with Gasteiger partial charge in [-0.2, -0.15) is 0 Å². The number of carboxylic acid groups (broad SMARTS) is 1. The molecular weight excluding hydrogens is 206 g/mol. The second kappa shape index (κ2) is 4.97. The largest absolute Gasteiger partial charge is 0.480 e. The van der Waals surface area contributed by atoms with Crippen LogP contribution >= 0.6 is 11.8 Å². The third-order valence-corrected chi connectivity index (χ3v) is 2.54. The smallest absolute Gasteiger partial charge is 0.317 e. The van der Waals surface area contributed by atoms with E-state index in [1.54, 1.807) is 6.92 Å². The first-order chi connectivity index (χ1) is 6.63. The van der Waals surface area contributed by atoms with E-state index >= 15 is 0 Å². The van der Waals surface area contributed by atoms with Gasteiger partial charge in [0.15, 0.2) is 0 Å². The number of nitrogens with two attached hydrogens (primary N) is 1. The number of thioether (sulfide) groups is 1. The topological polar surface area (TPSA) is 102 Å². The molecular formula is C7H11N3O3S. The number of carbonyl (C=O) groups is 1. The molecule has 0 aliphatic carbocycles. The zero-order valence-electron chi connectivity index (χ0n) is 7.64. The quantitative estimate of drug-likeness (QED) is 0.682. The summed E-state index contributed by atoms with van der Waals surface area (Å²) in [6.07, 6.45) is 0.376. The van der Waals surface area contributed by atoms with Gasteiger partial charge in [0.05, 0.1) is 0 Å². The lowest BCUT2D eigenvalue weighted by atomic mass is 10.3. The van der Waals surface area contributed by atoms with E-state index < -0.39 is 11.2 Å². The van der Waals surface area contributed by atoms with Gasteiger partial charge in [-0.3, -0.25) is 4.79 Å². The molecule has 1 atom stereocenters. The Balaban J connectivity index is 2.59. The van der Waals surface area contributed by atoms with Crippen molar-refractivity contribution in [3.8, 4) is 0 Å². The number of aliphatic carboxylic acids is 1. The van der Waals surface area contributed by atoms with Gasteiger partial charge in [0.2, 0.25) is 5.89 Å². The van der Waals surface area contributed by atoms with Crippen LogP contribution in [0.15, 0.2) is 9.64 Å². The Bertz CT molecular complexity index is 315. The molecule has 0 saturated heterocycles. The minimum atomic E-state index is -0.920. The Morgan fingerprint density at radius 3 is 2.86 bits per heavy atom. The van der Waals surface area contributed by atoms with Gasteiger partial charge in [0, 0.05) is 6.92 Å². The predicted molar refractivity (Wildman–Crippen MR) is 50.0 cm³/mol. The molecule has 0 bridgehead atoms. The van der Waals surface area contributed by atoms with Crippen molar-refractivity contribution in [2.75, 3.05) is 6.54 Å². The highest BCUT2D eigenvalue weighted by molar-refractivity contribution is 8.00.